The average Bonchev–Trinajstić information content (AvgIpc) is 2.68. The Morgan fingerprint density at radius 3 is 2.78 bits per heavy atom. The summed E-state index contributed by atoms with van der Waals surface area (Å²) in [5.74, 6) is 0. The number of pyridine rings is 1. The Bertz CT molecular complexity index is 411. The first-order chi connectivity index (χ1) is 8.70. The molecule has 98 valence electrons. The summed E-state index contributed by atoms with van der Waals surface area (Å²) in [6.07, 6.45) is 7.04. The first-order valence-corrected chi connectivity index (χ1v) is 7.15. The van der Waals surface area contributed by atoms with Crippen LogP contribution in [0.2, 0.25) is 5.02 Å². The molecule has 0 aromatic carbocycles. The van der Waals surface area contributed by atoms with Crippen LogP contribution >= 0.6 is 11.6 Å². The first-order valence-electron chi connectivity index (χ1n) is 6.77. The van der Waals surface area contributed by atoms with Gasteiger partial charge in [0.05, 0.1) is 5.69 Å². The van der Waals surface area contributed by atoms with Crippen molar-refractivity contribution in [2.24, 2.45) is 0 Å². The van der Waals surface area contributed by atoms with E-state index in [4.69, 9.17) is 11.6 Å². The van der Waals surface area contributed by atoms with Gasteiger partial charge in [-0.3, -0.25) is 9.88 Å². The Morgan fingerprint density at radius 1 is 1.39 bits per heavy atom. The Labute approximate surface area is 114 Å². The van der Waals surface area contributed by atoms with Crippen LogP contribution in [-0.2, 0) is 6.54 Å². The molecule has 0 spiro atoms. The number of piperidine rings is 1. The second-order valence-corrected chi connectivity index (χ2v) is 6.08. The summed E-state index contributed by atoms with van der Waals surface area (Å²) in [7, 11) is 2.21. The molecule has 2 aliphatic rings. The molecule has 2 aliphatic heterocycles. The van der Waals surface area contributed by atoms with Gasteiger partial charge < -0.3 is 5.32 Å². The van der Waals surface area contributed by atoms with E-state index in [2.05, 4.69) is 22.2 Å². The largest absolute Gasteiger partial charge is 0.311 e. The minimum absolute atomic E-state index is 0.685. The predicted octanol–water partition coefficient (Wildman–Crippen LogP) is 2.45. The number of nitrogens with zero attached hydrogens (tertiary/aromatic N) is 2. The number of hydrogen-bond donors (Lipinski definition) is 1. The van der Waals surface area contributed by atoms with E-state index in [0.717, 1.165) is 29.3 Å². The molecule has 3 heterocycles. The van der Waals surface area contributed by atoms with E-state index in [-0.39, 0.29) is 0 Å². The Balaban J connectivity index is 1.63. The molecule has 2 unspecified atom stereocenters. The van der Waals surface area contributed by atoms with Gasteiger partial charge in [-0.1, -0.05) is 11.6 Å². The molecule has 2 bridgehead atoms. The fourth-order valence-electron chi connectivity index (χ4n) is 3.31. The fraction of sp³-hybridized carbons (Fsp3) is 0.643. The molecule has 0 radical (unpaired) electrons. The second-order valence-electron chi connectivity index (χ2n) is 5.64. The van der Waals surface area contributed by atoms with E-state index < -0.39 is 0 Å². The summed E-state index contributed by atoms with van der Waals surface area (Å²) in [4.78, 5) is 6.82. The van der Waals surface area contributed by atoms with Gasteiger partial charge in [-0.15, -0.1) is 0 Å². The maximum Gasteiger partial charge on any atom is 0.0558 e. The van der Waals surface area contributed by atoms with Crippen LogP contribution < -0.4 is 5.32 Å². The van der Waals surface area contributed by atoms with Crippen LogP contribution in [0.5, 0.6) is 0 Å². The number of hydrogen-bond acceptors (Lipinski definition) is 3. The van der Waals surface area contributed by atoms with E-state index in [1.165, 1.54) is 25.7 Å². The number of halogens is 1. The summed E-state index contributed by atoms with van der Waals surface area (Å²) < 4.78 is 0. The average molecular weight is 266 g/mol. The van der Waals surface area contributed by atoms with Crippen molar-refractivity contribution >= 4 is 11.6 Å². The van der Waals surface area contributed by atoms with Crippen LogP contribution in [0.15, 0.2) is 18.3 Å². The fourth-order valence-corrected chi connectivity index (χ4v) is 3.49. The molecule has 3 rings (SSSR count). The highest BCUT2D eigenvalue weighted by atomic mass is 35.5. The van der Waals surface area contributed by atoms with Gasteiger partial charge in [0, 0.05) is 35.9 Å². The predicted molar refractivity (Wildman–Crippen MR) is 73.7 cm³/mol. The van der Waals surface area contributed by atoms with Crippen molar-refractivity contribution < 1.29 is 0 Å². The second kappa shape index (κ2) is 5.16. The number of aromatic nitrogens is 1. The Hall–Kier alpha value is -0.640. The van der Waals surface area contributed by atoms with Crippen molar-refractivity contribution in [1.29, 1.82) is 0 Å². The van der Waals surface area contributed by atoms with Gasteiger partial charge in [0.15, 0.2) is 0 Å². The van der Waals surface area contributed by atoms with Gasteiger partial charge >= 0.3 is 0 Å². The first kappa shape index (κ1) is 12.4. The molecule has 0 saturated carbocycles. The summed E-state index contributed by atoms with van der Waals surface area (Å²) in [5, 5.41) is 4.46. The van der Waals surface area contributed by atoms with Crippen LogP contribution in [0.4, 0.5) is 0 Å². The summed E-state index contributed by atoms with van der Waals surface area (Å²) >= 11 is 6.00. The van der Waals surface area contributed by atoms with Gasteiger partial charge in [-0.25, -0.2) is 0 Å². The molecule has 4 heteroatoms. The Kier molecular flexibility index (Phi) is 3.55. The van der Waals surface area contributed by atoms with Crippen molar-refractivity contribution in [3.63, 3.8) is 0 Å². The lowest BCUT2D eigenvalue weighted by Gasteiger charge is -2.35. The molecule has 2 atom stereocenters. The van der Waals surface area contributed by atoms with Crippen LogP contribution in [0, 0.1) is 0 Å². The molecule has 2 saturated heterocycles. The Morgan fingerprint density at radius 2 is 2.11 bits per heavy atom. The standard InChI is InChI=1S/C14H20ClN3/c1-18(9-13-6-10(15)4-5-16-13)14-7-11-2-3-12(8-14)17-11/h4-6,11-12,14,17H,2-3,7-9H2,1H3. The lowest BCUT2D eigenvalue weighted by atomic mass is 9.98. The van der Waals surface area contributed by atoms with Crippen LogP contribution in [0.1, 0.15) is 31.4 Å². The smallest absolute Gasteiger partial charge is 0.0558 e. The van der Waals surface area contributed by atoms with Crippen molar-refractivity contribution in [1.82, 2.24) is 15.2 Å². The number of nitrogens with one attached hydrogen (secondary N) is 1. The molecule has 1 N–H and O–H groups in total. The zero-order valence-electron chi connectivity index (χ0n) is 10.8. The van der Waals surface area contributed by atoms with Crippen molar-refractivity contribution in [2.45, 2.75) is 50.4 Å². The molecular weight excluding hydrogens is 246 g/mol. The summed E-state index contributed by atoms with van der Waals surface area (Å²) in [6.45, 7) is 0.894. The third-order valence-electron chi connectivity index (χ3n) is 4.26. The molecule has 18 heavy (non-hydrogen) atoms. The van der Waals surface area contributed by atoms with Gasteiger partial charge in [-0.2, -0.15) is 0 Å². The van der Waals surface area contributed by atoms with Gasteiger partial charge in [-0.05, 0) is 44.9 Å². The minimum Gasteiger partial charge on any atom is -0.311 e. The number of rotatable bonds is 3. The lowest BCUT2D eigenvalue weighted by Crippen LogP contribution is -2.46. The summed E-state index contributed by atoms with van der Waals surface area (Å²) in [5.41, 5.74) is 1.07. The third-order valence-corrected chi connectivity index (χ3v) is 4.50. The maximum atomic E-state index is 6.00. The normalized spacial score (nSPS) is 30.9. The van der Waals surface area contributed by atoms with E-state index in [9.17, 15) is 0 Å². The van der Waals surface area contributed by atoms with Crippen LogP contribution in [0.3, 0.4) is 0 Å². The zero-order valence-corrected chi connectivity index (χ0v) is 11.5. The quantitative estimate of drug-likeness (QED) is 0.910. The molecule has 1 aromatic rings. The van der Waals surface area contributed by atoms with Gasteiger partial charge in [0.1, 0.15) is 0 Å². The highest BCUT2D eigenvalue weighted by Gasteiger charge is 2.34. The van der Waals surface area contributed by atoms with Crippen molar-refractivity contribution in [3.05, 3.63) is 29.0 Å². The molecule has 2 fully saturated rings. The van der Waals surface area contributed by atoms with Gasteiger partial charge in [0.25, 0.3) is 0 Å². The van der Waals surface area contributed by atoms with E-state index in [0.29, 0.717) is 6.04 Å². The highest BCUT2D eigenvalue weighted by Crippen LogP contribution is 2.29. The van der Waals surface area contributed by atoms with Crippen molar-refractivity contribution in [2.75, 3.05) is 7.05 Å². The molecule has 0 aliphatic carbocycles. The molecular formula is C14H20ClN3. The zero-order chi connectivity index (χ0) is 12.5. The van der Waals surface area contributed by atoms with Crippen molar-refractivity contribution in [3.8, 4) is 0 Å². The minimum atomic E-state index is 0.685. The molecule has 1 aromatic heterocycles. The summed E-state index contributed by atoms with van der Waals surface area (Å²) in [6, 6.07) is 5.96. The SMILES string of the molecule is CN(Cc1cc(Cl)ccn1)C1CC2CCC(C1)N2. The monoisotopic (exact) mass is 265 g/mol. The van der Waals surface area contributed by atoms with E-state index in [1.807, 2.05) is 12.1 Å². The maximum absolute atomic E-state index is 6.00. The highest BCUT2D eigenvalue weighted by molar-refractivity contribution is 6.30. The van der Waals surface area contributed by atoms with E-state index in [1.54, 1.807) is 6.20 Å². The molecule has 0 amide bonds. The van der Waals surface area contributed by atoms with Crippen LogP contribution in [0.25, 0.3) is 0 Å². The molecule has 3 nitrogen and oxygen atoms in total. The van der Waals surface area contributed by atoms with E-state index >= 15 is 0 Å². The topological polar surface area (TPSA) is 28.2 Å². The number of fused-ring (bicyclic) bond motifs is 2. The van der Waals surface area contributed by atoms with Gasteiger partial charge in [0.2, 0.25) is 0 Å². The van der Waals surface area contributed by atoms with Crippen LogP contribution in [-0.4, -0.2) is 35.1 Å². The lowest BCUT2D eigenvalue weighted by molar-refractivity contribution is 0.164. The third kappa shape index (κ3) is 2.68.